The number of carboxylic acids is 1. The lowest BCUT2D eigenvalue weighted by molar-refractivity contribution is -0.160. The number of ether oxygens (including phenoxy) is 1. The van der Waals surface area contributed by atoms with Crippen molar-refractivity contribution < 1.29 is 19.0 Å². The standard InChI is InChI=1S/C27H28FN3O3/c1-13-7-9-16(10-8-13)19-14(2)21-22(31-25(29)18-11-17(28)12-30-23(18)21)15(3)20(19)24(26(32)33)34-27(4,5)6/h7-12,24H,1-6H3,(H2,29,31)(H,32,33)/t24-/m0/s1. The maximum absolute atomic E-state index is 14.0. The highest BCUT2D eigenvalue weighted by atomic mass is 19.1. The van der Waals surface area contributed by atoms with Crippen LogP contribution in [0.2, 0.25) is 0 Å². The van der Waals surface area contributed by atoms with Crippen LogP contribution in [0.3, 0.4) is 0 Å². The largest absolute Gasteiger partial charge is 0.479 e. The molecule has 2 aromatic carbocycles. The number of rotatable bonds is 4. The minimum absolute atomic E-state index is 0.134. The SMILES string of the molecule is Cc1ccc(-c2c([C@H](OC(C)(C)C)C(=O)O)c(C)c3nc(N)c4cc(F)cnc4c3c2C)cc1. The Bertz CT molecular complexity index is 1440. The van der Waals surface area contributed by atoms with Gasteiger partial charge in [0, 0.05) is 16.3 Å². The van der Waals surface area contributed by atoms with Crippen LogP contribution in [0.1, 0.15) is 49.1 Å². The summed E-state index contributed by atoms with van der Waals surface area (Å²) >= 11 is 0. The van der Waals surface area contributed by atoms with Gasteiger partial charge in [0.05, 0.1) is 22.8 Å². The van der Waals surface area contributed by atoms with E-state index < -0.39 is 23.5 Å². The topological polar surface area (TPSA) is 98.3 Å². The summed E-state index contributed by atoms with van der Waals surface area (Å²) in [6.45, 7) is 11.2. The van der Waals surface area contributed by atoms with Gasteiger partial charge in [-0.3, -0.25) is 4.98 Å². The molecular formula is C27H28FN3O3. The fourth-order valence-electron chi connectivity index (χ4n) is 4.46. The van der Waals surface area contributed by atoms with E-state index in [1.807, 2.05) is 65.8 Å². The monoisotopic (exact) mass is 461 g/mol. The first-order chi connectivity index (χ1) is 15.9. The van der Waals surface area contributed by atoms with Crippen molar-refractivity contribution in [2.24, 2.45) is 0 Å². The Balaban J connectivity index is 2.22. The molecule has 0 aliphatic rings. The third-order valence-electron chi connectivity index (χ3n) is 5.91. The molecule has 0 amide bonds. The molecule has 2 aromatic heterocycles. The predicted octanol–water partition coefficient (Wildman–Crippen LogP) is 6.04. The van der Waals surface area contributed by atoms with E-state index in [9.17, 15) is 14.3 Å². The summed E-state index contributed by atoms with van der Waals surface area (Å²) in [6.07, 6.45) is -0.0858. The van der Waals surface area contributed by atoms with Gasteiger partial charge >= 0.3 is 5.97 Å². The van der Waals surface area contributed by atoms with Crippen molar-refractivity contribution in [2.75, 3.05) is 5.73 Å². The van der Waals surface area contributed by atoms with Gasteiger partial charge in [-0.05, 0) is 69.9 Å². The van der Waals surface area contributed by atoms with E-state index in [2.05, 4.69) is 9.97 Å². The zero-order chi connectivity index (χ0) is 24.9. The second kappa shape index (κ2) is 8.33. The van der Waals surface area contributed by atoms with Crippen LogP contribution in [0.15, 0.2) is 36.5 Å². The second-order valence-electron chi connectivity index (χ2n) is 9.62. The number of nitrogen functional groups attached to an aromatic ring is 1. The Hall–Kier alpha value is -3.58. The number of aromatic nitrogens is 2. The molecule has 3 N–H and O–H groups in total. The van der Waals surface area contributed by atoms with Crippen LogP contribution in [-0.2, 0) is 9.53 Å². The Morgan fingerprint density at radius 1 is 1.09 bits per heavy atom. The van der Waals surface area contributed by atoms with Crippen molar-refractivity contribution in [1.29, 1.82) is 0 Å². The molecule has 0 radical (unpaired) electrons. The first kappa shape index (κ1) is 23.6. The lowest BCUT2D eigenvalue weighted by atomic mass is 9.85. The number of aliphatic carboxylic acids is 1. The second-order valence-corrected chi connectivity index (χ2v) is 9.62. The summed E-state index contributed by atoms with van der Waals surface area (Å²) in [6, 6.07) is 9.20. The Morgan fingerprint density at radius 2 is 1.74 bits per heavy atom. The normalized spacial score (nSPS) is 12.9. The maximum atomic E-state index is 14.0. The van der Waals surface area contributed by atoms with Crippen LogP contribution in [-0.4, -0.2) is 26.6 Å². The number of anilines is 1. The van der Waals surface area contributed by atoms with Crippen molar-refractivity contribution in [3.63, 3.8) is 0 Å². The summed E-state index contributed by atoms with van der Waals surface area (Å²) < 4.78 is 20.0. The van der Waals surface area contributed by atoms with Gasteiger partial charge in [-0.15, -0.1) is 0 Å². The van der Waals surface area contributed by atoms with E-state index >= 15 is 0 Å². The number of benzene rings is 2. The van der Waals surface area contributed by atoms with Crippen LogP contribution in [0, 0.1) is 26.6 Å². The van der Waals surface area contributed by atoms with Crippen molar-refractivity contribution in [3.05, 3.63) is 64.6 Å². The Morgan fingerprint density at radius 3 is 2.32 bits per heavy atom. The van der Waals surface area contributed by atoms with E-state index in [1.165, 1.54) is 6.07 Å². The molecule has 7 heteroatoms. The molecular weight excluding hydrogens is 433 g/mol. The quantitative estimate of drug-likeness (QED) is 0.360. The minimum atomic E-state index is -1.24. The number of aryl methyl sites for hydroxylation is 3. The van der Waals surface area contributed by atoms with E-state index in [1.54, 1.807) is 0 Å². The fraction of sp³-hybridized carbons (Fsp3) is 0.296. The van der Waals surface area contributed by atoms with Crippen molar-refractivity contribution in [2.45, 2.75) is 53.2 Å². The van der Waals surface area contributed by atoms with E-state index in [-0.39, 0.29) is 5.82 Å². The number of halogens is 1. The smallest absolute Gasteiger partial charge is 0.337 e. The third kappa shape index (κ3) is 4.07. The summed E-state index contributed by atoms with van der Waals surface area (Å²) in [5.74, 6) is -1.47. The van der Waals surface area contributed by atoms with Crippen molar-refractivity contribution >= 4 is 33.6 Å². The van der Waals surface area contributed by atoms with E-state index in [4.69, 9.17) is 10.5 Å². The zero-order valence-electron chi connectivity index (χ0n) is 20.2. The fourth-order valence-corrected chi connectivity index (χ4v) is 4.46. The average Bonchev–Trinajstić information content (AvgIpc) is 2.75. The lowest BCUT2D eigenvalue weighted by Crippen LogP contribution is -2.28. The molecule has 1 atom stereocenters. The Labute approximate surface area is 197 Å². The molecule has 0 spiro atoms. The number of fused-ring (bicyclic) bond motifs is 3. The molecule has 0 saturated heterocycles. The molecule has 0 aliphatic heterocycles. The molecule has 176 valence electrons. The minimum Gasteiger partial charge on any atom is -0.479 e. The average molecular weight is 462 g/mol. The first-order valence-electron chi connectivity index (χ1n) is 11.0. The molecule has 0 unspecified atom stereocenters. The number of nitrogens with zero attached hydrogens (tertiary/aromatic N) is 2. The van der Waals surface area contributed by atoms with Gasteiger partial charge in [-0.1, -0.05) is 29.8 Å². The third-order valence-corrected chi connectivity index (χ3v) is 5.91. The summed E-state index contributed by atoms with van der Waals surface area (Å²) in [4.78, 5) is 21.4. The molecule has 0 fully saturated rings. The summed E-state index contributed by atoms with van der Waals surface area (Å²) in [5, 5.41) is 11.3. The van der Waals surface area contributed by atoms with Crippen LogP contribution < -0.4 is 5.73 Å². The van der Waals surface area contributed by atoms with Crippen LogP contribution in [0.5, 0.6) is 0 Å². The van der Waals surface area contributed by atoms with Crippen LogP contribution >= 0.6 is 0 Å². The van der Waals surface area contributed by atoms with Gasteiger partial charge < -0.3 is 15.6 Å². The predicted molar refractivity (Wildman–Crippen MR) is 132 cm³/mol. The molecule has 4 aromatic rings. The molecule has 34 heavy (non-hydrogen) atoms. The van der Waals surface area contributed by atoms with Gasteiger partial charge in [0.1, 0.15) is 11.6 Å². The molecule has 0 saturated carbocycles. The number of carbonyl (C=O) groups is 1. The maximum Gasteiger partial charge on any atom is 0.337 e. The molecule has 0 aliphatic carbocycles. The van der Waals surface area contributed by atoms with Crippen LogP contribution in [0.25, 0.3) is 32.9 Å². The highest BCUT2D eigenvalue weighted by Crippen LogP contribution is 2.43. The number of hydrogen-bond donors (Lipinski definition) is 2. The van der Waals surface area contributed by atoms with Crippen molar-refractivity contribution in [1.82, 2.24) is 9.97 Å². The number of nitrogens with two attached hydrogens (primary N) is 1. The van der Waals surface area contributed by atoms with Crippen molar-refractivity contribution in [3.8, 4) is 11.1 Å². The van der Waals surface area contributed by atoms with E-state index in [0.717, 1.165) is 28.5 Å². The highest BCUT2D eigenvalue weighted by molar-refractivity contribution is 6.12. The van der Waals surface area contributed by atoms with Gasteiger partial charge in [-0.2, -0.15) is 0 Å². The Kier molecular flexibility index (Phi) is 5.77. The summed E-state index contributed by atoms with van der Waals surface area (Å²) in [5.41, 5.74) is 11.1. The van der Waals surface area contributed by atoms with Gasteiger partial charge in [0.2, 0.25) is 0 Å². The molecule has 4 rings (SSSR count). The number of carboxylic acid groups (broad SMARTS) is 1. The van der Waals surface area contributed by atoms with Crippen LogP contribution in [0.4, 0.5) is 10.2 Å². The molecule has 2 heterocycles. The molecule has 6 nitrogen and oxygen atoms in total. The van der Waals surface area contributed by atoms with E-state index in [0.29, 0.717) is 32.9 Å². The lowest BCUT2D eigenvalue weighted by Gasteiger charge is -2.29. The zero-order valence-corrected chi connectivity index (χ0v) is 20.2. The number of pyridine rings is 2. The first-order valence-corrected chi connectivity index (χ1v) is 11.0. The van der Waals surface area contributed by atoms with Gasteiger partial charge in [-0.25, -0.2) is 14.2 Å². The van der Waals surface area contributed by atoms with Gasteiger partial charge in [0.15, 0.2) is 6.10 Å². The number of hydrogen-bond acceptors (Lipinski definition) is 5. The van der Waals surface area contributed by atoms with Gasteiger partial charge in [0.25, 0.3) is 0 Å². The highest BCUT2D eigenvalue weighted by Gasteiger charge is 2.33. The molecule has 0 bridgehead atoms. The summed E-state index contributed by atoms with van der Waals surface area (Å²) in [7, 11) is 0.